The van der Waals surface area contributed by atoms with E-state index in [1.54, 1.807) is 0 Å². The van der Waals surface area contributed by atoms with Gasteiger partial charge in [-0.15, -0.1) is 0 Å². The van der Waals surface area contributed by atoms with E-state index in [9.17, 15) is 0 Å². The molecule has 2 aliphatic rings. The van der Waals surface area contributed by atoms with E-state index >= 15 is 9.59 Å². The molecule has 380 valence electrons. The van der Waals surface area contributed by atoms with Crippen molar-refractivity contribution in [2.24, 2.45) is 58.2 Å². The Hall–Kier alpha value is -0.481. The fourth-order valence-corrected chi connectivity index (χ4v) is 19.2. The zero-order valence-corrected chi connectivity index (χ0v) is 49.1. The standard InChI is InChI=1S/2C28H54O3S.Sn/c2*1-7-13-16-22(10-4)19-25(26(29)30)28(27(31)32,20-23(11-5)17-14-8-2)21-24(12-6)18-15-9-3;/h2*22-25H,7-21H2,1-6H3,(H,29,30)(H,31,32);/q;;+4/p-4. The van der Waals surface area contributed by atoms with Crippen molar-refractivity contribution >= 4 is 66.5 Å². The Balaban J connectivity index is 3.07. The van der Waals surface area contributed by atoms with Crippen LogP contribution in [0, 0.1) is 58.2 Å². The van der Waals surface area contributed by atoms with Gasteiger partial charge in [-0.25, -0.2) is 0 Å². The zero-order chi connectivity index (χ0) is 48.5. The SMILES string of the molecule is CCCCC(CC)CC1C(=O)[O][Sn]2([O]C(=O)C(CC(CC)CCCC)C(CC(CC)CCCC)(CC(CC)CCCC)C(=S)[O]2)[O]C(=S)C1(CC(CC)CCCC)CC(CC)CCCC. The van der Waals surface area contributed by atoms with Gasteiger partial charge in [0.15, 0.2) is 0 Å². The molecule has 0 aromatic carbocycles. The van der Waals surface area contributed by atoms with Crippen LogP contribution in [-0.4, -0.2) is 42.1 Å². The first-order valence-electron chi connectivity index (χ1n) is 28.2. The molecule has 0 aliphatic carbocycles. The number of carbonyl (C=O) groups excluding carboxylic acids is 2. The summed E-state index contributed by atoms with van der Waals surface area (Å²) in [5, 5.41) is 0.800. The topological polar surface area (TPSA) is 71.1 Å². The third-order valence-corrected chi connectivity index (χ3v) is 23.6. The van der Waals surface area contributed by atoms with Crippen molar-refractivity contribution in [2.45, 2.75) is 276 Å². The van der Waals surface area contributed by atoms with Crippen LogP contribution in [0.1, 0.15) is 276 Å². The van der Waals surface area contributed by atoms with Crippen LogP contribution in [0.5, 0.6) is 0 Å². The molecule has 0 saturated carbocycles. The number of unbranched alkanes of at least 4 members (excludes halogenated alkanes) is 6. The van der Waals surface area contributed by atoms with Gasteiger partial charge in [-0.05, 0) is 0 Å². The predicted molar refractivity (Wildman–Crippen MR) is 285 cm³/mol. The molecule has 2 aliphatic heterocycles. The van der Waals surface area contributed by atoms with Gasteiger partial charge in [0.25, 0.3) is 0 Å². The zero-order valence-electron chi connectivity index (χ0n) is 44.6. The molecule has 0 aromatic rings. The van der Waals surface area contributed by atoms with Gasteiger partial charge in [-0.3, -0.25) is 0 Å². The predicted octanol–water partition coefficient (Wildman–Crippen LogP) is 18.1. The molecule has 0 bridgehead atoms. The second-order valence-electron chi connectivity index (χ2n) is 21.3. The van der Waals surface area contributed by atoms with Crippen LogP contribution in [0.25, 0.3) is 0 Å². The summed E-state index contributed by atoms with van der Waals surface area (Å²) in [5.41, 5.74) is -1.52. The van der Waals surface area contributed by atoms with E-state index in [4.69, 9.17) is 36.7 Å². The number of hydrogen-bond donors (Lipinski definition) is 0. The van der Waals surface area contributed by atoms with Gasteiger partial charge in [-0.2, -0.15) is 0 Å². The molecule has 0 N–H and O–H groups in total. The summed E-state index contributed by atoms with van der Waals surface area (Å²) in [5.74, 6) is 0.424. The number of hydrogen-bond acceptors (Lipinski definition) is 8. The van der Waals surface area contributed by atoms with Crippen molar-refractivity contribution in [3.63, 3.8) is 0 Å². The van der Waals surface area contributed by atoms with E-state index in [-0.39, 0.29) is 11.9 Å². The van der Waals surface area contributed by atoms with E-state index < -0.39 is 42.7 Å². The molecular formula is C56H104O6S2Sn. The van der Waals surface area contributed by atoms with Crippen molar-refractivity contribution in [3.05, 3.63) is 0 Å². The number of carbonyl (C=O) groups is 2. The van der Waals surface area contributed by atoms with E-state index in [1.165, 1.54) is 0 Å². The Kier molecular flexibility index (Phi) is 30.2. The van der Waals surface area contributed by atoms with Crippen LogP contribution in [0.4, 0.5) is 0 Å². The van der Waals surface area contributed by atoms with Gasteiger partial charge in [0.05, 0.1) is 0 Å². The monoisotopic (exact) mass is 1060 g/mol. The molecule has 8 unspecified atom stereocenters. The number of rotatable bonds is 36. The summed E-state index contributed by atoms with van der Waals surface area (Å²) in [6.07, 6.45) is 30.3. The van der Waals surface area contributed by atoms with Gasteiger partial charge in [0.2, 0.25) is 0 Å². The number of thiocarbonyl (C=S) groups is 2. The van der Waals surface area contributed by atoms with Crippen LogP contribution in [0.3, 0.4) is 0 Å². The molecule has 6 nitrogen and oxygen atoms in total. The second kappa shape index (κ2) is 32.4. The van der Waals surface area contributed by atoms with Crippen molar-refractivity contribution in [1.29, 1.82) is 0 Å². The first-order chi connectivity index (χ1) is 31.2. The molecular weight excluding hydrogens is 951 g/mol. The first-order valence-corrected chi connectivity index (χ1v) is 33.6. The van der Waals surface area contributed by atoms with Gasteiger partial charge in [0, 0.05) is 0 Å². The molecule has 2 fully saturated rings. The Morgan fingerprint density at radius 3 is 0.846 bits per heavy atom. The first kappa shape index (κ1) is 60.6. The molecule has 0 radical (unpaired) electrons. The molecule has 2 rings (SSSR count). The fraction of sp³-hybridized carbons (Fsp3) is 0.929. The van der Waals surface area contributed by atoms with Crippen LogP contribution in [-0.2, 0) is 21.9 Å². The molecule has 9 heteroatoms. The Bertz CT molecular complexity index is 1220. The summed E-state index contributed by atoms with van der Waals surface area (Å²) in [6.45, 7) is 27.2. The van der Waals surface area contributed by atoms with E-state index in [0.29, 0.717) is 58.5 Å². The molecule has 0 amide bonds. The van der Waals surface area contributed by atoms with Crippen molar-refractivity contribution < 1.29 is 21.9 Å². The van der Waals surface area contributed by atoms with Crippen LogP contribution in [0.2, 0.25) is 0 Å². The summed E-state index contributed by atoms with van der Waals surface area (Å²) in [7, 11) is 0. The van der Waals surface area contributed by atoms with Crippen molar-refractivity contribution in [2.75, 3.05) is 0 Å². The second-order valence-corrected chi connectivity index (χ2v) is 27.3. The van der Waals surface area contributed by atoms with Crippen LogP contribution < -0.4 is 0 Å². The molecule has 2 heterocycles. The fourth-order valence-electron chi connectivity index (χ4n) is 11.9. The van der Waals surface area contributed by atoms with Gasteiger partial charge < -0.3 is 0 Å². The van der Waals surface area contributed by atoms with E-state index in [1.807, 2.05) is 0 Å². The molecule has 1 spiro atoms. The molecule has 65 heavy (non-hydrogen) atoms. The minimum absolute atomic E-state index is 0.330. The Morgan fingerprint density at radius 1 is 0.400 bits per heavy atom. The van der Waals surface area contributed by atoms with Crippen molar-refractivity contribution in [3.8, 4) is 0 Å². The third kappa shape index (κ3) is 18.0. The van der Waals surface area contributed by atoms with Crippen LogP contribution in [0.15, 0.2) is 0 Å². The average molecular weight is 1060 g/mol. The normalized spacial score (nSPS) is 26.6. The summed E-state index contributed by atoms with van der Waals surface area (Å²) in [6, 6.07) is 0. The maximum atomic E-state index is 15.7. The van der Waals surface area contributed by atoms with Gasteiger partial charge in [-0.1, -0.05) is 0 Å². The van der Waals surface area contributed by atoms with Crippen molar-refractivity contribution in [1.82, 2.24) is 0 Å². The van der Waals surface area contributed by atoms with E-state index in [2.05, 4.69) is 83.1 Å². The van der Waals surface area contributed by atoms with Crippen LogP contribution >= 0.6 is 24.4 Å². The molecule has 0 aromatic heterocycles. The minimum atomic E-state index is -5.80. The van der Waals surface area contributed by atoms with E-state index in [0.717, 1.165) is 180 Å². The average Bonchev–Trinajstić information content (AvgIpc) is 3.42. The van der Waals surface area contributed by atoms with Gasteiger partial charge in [0.1, 0.15) is 0 Å². The van der Waals surface area contributed by atoms with Gasteiger partial charge >= 0.3 is 422 Å². The molecule has 8 atom stereocenters. The summed E-state index contributed by atoms with van der Waals surface area (Å²) >= 11 is 7.69. The maximum absolute atomic E-state index is 15.7. The Labute approximate surface area is 419 Å². The summed E-state index contributed by atoms with van der Waals surface area (Å²) < 4.78 is 28.3. The summed E-state index contributed by atoms with van der Waals surface area (Å²) in [4.78, 5) is 31.4. The molecule has 2 saturated heterocycles. The quantitative estimate of drug-likeness (QED) is 0.0454. The Morgan fingerprint density at radius 2 is 0.631 bits per heavy atom. The third-order valence-electron chi connectivity index (χ3n) is 16.6.